The van der Waals surface area contributed by atoms with Crippen LogP contribution in [0.15, 0.2) is 24.3 Å². The number of piperidine rings is 1. The standard InChI is InChI=1S/C14H18N4/c1-10-16-13-7-3-2-6-12(13)14(17-10)18-8-4-5-11(15)9-18/h2-3,6-7,11H,4-5,8-9,15H2,1H3/t11-/m0/s1. The van der Waals surface area contributed by atoms with Crippen molar-refractivity contribution in [2.45, 2.75) is 25.8 Å². The summed E-state index contributed by atoms with van der Waals surface area (Å²) in [7, 11) is 0. The topological polar surface area (TPSA) is 55.0 Å². The average molecular weight is 242 g/mol. The molecule has 0 aliphatic carbocycles. The lowest BCUT2D eigenvalue weighted by molar-refractivity contribution is 0.504. The molecule has 4 heteroatoms. The molecule has 2 aromatic rings. The van der Waals surface area contributed by atoms with Crippen LogP contribution >= 0.6 is 0 Å². The van der Waals surface area contributed by atoms with Gasteiger partial charge < -0.3 is 10.6 Å². The second-order valence-electron chi connectivity index (χ2n) is 4.96. The monoisotopic (exact) mass is 242 g/mol. The summed E-state index contributed by atoms with van der Waals surface area (Å²) in [5, 5.41) is 1.12. The van der Waals surface area contributed by atoms with Gasteiger partial charge in [-0.25, -0.2) is 9.97 Å². The van der Waals surface area contributed by atoms with Crippen molar-refractivity contribution in [3.8, 4) is 0 Å². The van der Waals surface area contributed by atoms with Crippen LogP contribution in [0.3, 0.4) is 0 Å². The average Bonchev–Trinajstić information content (AvgIpc) is 2.37. The molecule has 1 aromatic carbocycles. The van der Waals surface area contributed by atoms with Gasteiger partial charge in [-0.05, 0) is 31.9 Å². The van der Waals surface area contributed by atoms with Crippen molar-refractivity contribution in [2.75, 3.05) is 18.0 Å². The van der Waals surface area contributed by atoms with Gasteiger partial charge >= 0.3 is 0 Å². The Bertz CT molecular complexity index is 567. The van der Waals surface area contributed by atoms with Gasteiger partial charge in [0.05, 0.1) is 5.52 Å². The maximum atomic E-state index is 6.06. The number of rotatable bonds is 1. The van der Waals surface area contributed by atoms with Crippen LogP contribution in [0.5, 0.6) is 0 Å². The van der Waals surface area contributed by atoms with Gasteiger partial charge in [-0.1, -0.05) is 12.1 Å². The summed E-state index contributed by atoms with van der Waals surface area (Å²) >= 11 is 0. The van der Waals surface area contributed by atoms with E-state index in [-0.39, 0.29) is 6.04 Å². The number of benzene rings is 1. The van der Waals surface area contributed by atoms with E-state index in [0.29, 0.717) is 0 Å². The molecular weight excluding hydrogens is 224 g/mol. The molecule has 2 heterocycles. The van der Waals surface area contributed by atoms with E-state index in [2.05, 4.69) is 20.9 Å². The molecule has 1 aliphatic rings. The molecule has 94 valence electrons. The first kappa shape index (κ1) is 11.4. The van der Waals surface area contributed by atoms with Crippen molar-refractivity contribution < 1.29 is 0 Å². The fourth-order valence-corrected chi connectivity index (χ4v) is 2.62. The third-order valence-corrected chi connectivity index (χ3v) is 3.45. The Morgan fingerprint density at radius 2 is 2.11 bits per heavy atom. The number of nitrogens with two attached hydrogens (primary N) is 1. The Morgan fingerprint density at radius 1 is 1.28 bits per heavy atom. The summed E-state index contributed by atoms with van der Waals surface area (Å²) in [6, 6.07) is 8.43. The smallest absolute Gasteiger partial charge is 0.140 e. The predicted molar refractivity (Wildman–Crippen MR) is 73.7 cm³/mol. The number of hydrogen-bond acceptors (Lipinski definition) is 4. The van der Waals surface area contributed by atoms with E-state index in [1.165, 1.54) is 0 Å². The second-order valence-corrected chi connectivity index (χ2v) is 4.96. The highest BCUT2D eigenvalue weighted by molar-refractivity contribution is 5.89. The van der Waals surface area contributed by atoms with Crippen molar-refractivity contribution in [3.63, 3.8) is 0 Å². The number of para-hydroxylation sites is 1. The predicted octanol–water partition coefficient (Wildman–Crippen LogP) is 1.87. The first-order valence-electron chi connectivity index (χ1n) is 6.48. The van der Waals surface area contributed by atoms with Crippen LogP contribution in [0.25, 0.3) is 10.9 Å². The molecular formula is C14H18N4. The van der Waals surface area contributed by atoms with E-state index in [0.717, 1.165) is 48.5 Å². The van der Waals surface area contributed by atoms with Gasteiger partial charge in [0.1, 0.15) is 11.6 Å². The molecule has 0 bridgehead atoms. The molecule has 4 nitrogen and oxygen atoms in total. The van der Waals surface area contributed by atoms with E-state index < -0.39 is 0 Å². The van der Waals surface area contributed by atoms with Gasteiger partial charge in [-0.2, -0.15) is 0 Å². The normalized spacial score (nSPS) is 20.3. The van der Waals surface area contributed by atoms with Crippen LogP contribution in [-0.4, -0.2) is 29.1 Å². The lowest BCUT2D eigenvalue weighted by Crippen LogP contribution is -2.43. The molecule has 0 saturated carbocycles. The van der Waals surface area contributed by atoms with E-state index in [1.807, 2.05) is 25.1 Å². The number of aryl methyl sites for hydroxylation is 1. The molecule has 1 aromatic heterocycles. The minimum absolute atomic E-state index is 0.257. The van der Waals surface area contributed by atoms with Gasteiger partial charge in [0.15, 0.2) is 0 Å². The Morgan fingerprint density at radius 3 is 2.94 bits per heavy atom. The molecule has 18 heavy (non-hydrogen) atoms. The summed E-state index contributed by atoms with van der Waals surface area (Å²) in [4.78, 5) is 11.4. The van der Waals surface area contributed by atoms with Crippen molar-refractivity contribution in [1.82, 2.24) is 9.97 Å². The molecule has 0 amide bonds. The Kier molecular flexibility index (Phi) is 2.88. The number of nitrogens with zero attached hydrogens (tertiary/aromatic N) is 3. The minimum Gasteiger partial charge on any atom is -0.354 e. The molecule has 1 saturated heterocycles. The summed E-state index contributed by atoms with van der Waals surface area (Å²) in [5.74, 6) is 1.86. The Labute approximate surface area is 107 Å². The number of hydrogen-bond donors (Lipinski definition) is 1. The van der Waals surface area contributed by atoms with Crippen LogP contribution in [0.1, 0.15) is 18.7 Å². The summed E-state index contributed by atoms with van der Waals surface area (Å²) in [6.45, 7) is 3.87. The Balaban J connectivity index is 2.09. The lowest BCUT2D eigenvalue weighted by atomic mass is 10.1. The van der Waals surface area contributed by atoms with Gasteiger partial charge in [-0.3, -0.25) is 0 Å². The number of anilines is 1. The highest BCUT2D eigenvalue weighted by Gasteiger charge is 2.20. The van der Waals surface area contributed by atoms with E-state index >= 15 is 0 Å². The number of aromatic nitrogens is 2. The highest BCUT2D eigenvalue weighted by Crippen LogP contribution is 2.25. The van der Waals surface area contributed by atoms with Gasteiger partial charge in [-0.15, -0.1) is 0 Å². The Hall–Kier alpha value is -1.68. The zero-order chi connectivity index (χ0) is 12.5. The largest absolute Gasteiger partial charge is 0.354 e. The fraction of sp³-hybridized carbons (Fsp3) is 0.429. The molecule has 2 N–H and O–H groups in total. The molecule has 1 atom stereocenters. The van der Waals surface area contributed by atoms with E-state index in [4.69, 9.17) is 5.73 Å². The van der Waals surface area contributed by atoms with E-state index in [9.17, 15) is 0 Å². The quantitative estimate of drug-likeness (QED) is 0.829. The van der Waals surface area contributed by atoms with E-state index in [1.54, 1.807) is 0 Å². The molecule has 0 unspecified atom stereocenters. The zero-order valence-electron chi connectivity index (χ0n) is 10.6. The van der Waals surface area contributed by atoms with Crippen molar-refractivity contribution in [2.24, 2.45) is 5.73 Å². The van der Waals surface area contributed by atoms with Crippen LogP contribution in [0.4, 0.5) is 5.82 Å². The van der Waals surface area contributed by atoms with Crippen LogP contribution in [0, 0.1) is 6.92 Å². The fourth-order valence-electron chi connectivity index (χ4n) is 2.62. The lowest BCUT2D eigenvalue weighted by Gasteiger charge is -2.32. The maximum Gasteiger partial charge on any atom is 0.140 e. The van der Waals surface area contributed by atoms with Crippen LogP contribution in [-0.2, 0) is 0 Å². The van der Waals surface area contributed by atoms with Crippen LogP contribution < -0.4 is 10.6 Å². The number of fused-ring (bicyclic) bond motifs is 1. The van der Waals surface area contributed by atoms with Crippen molar-refractivity contribution in [3.05, 3.63) is 30.1 Å². The van der Waals surface area contributed by atoms with Crippen LogP contribution in [0.2, 0.25) is 0 Å². The highest BCUT2D eigenvalue weighted by atomic mass is 15.2. The molecule has 0 spiro atoms. The first-order chi connectivity index (χ1) is 8.74. The summed E-state index contributed by atoms with van der Waals surface area (Å²) in [6.07, 6.45) is 2.25. The third kappa shape index (κ3) is 2.04. The zero-order valence-corrected chi connectivity index (χ0v) is 10.6. The summed E-state index contributed by atoms with van der Waals surface area (Å²) < 4.78 is 0. The van der Waals surface area contributed by atoms with Crippen molar-refractivity contribution in [1.29, 1.82) is 0 Å². The maximum absolute atomic E-state index is 6.06. The first-order valence-corrected chi connectivity index (χ1v) is 6.48. The van der Waals surface area contributed by atoms with Crippen molar-refractivity contribution >= 4 is 16.7 Å². The van der Waals surface area contributed by atoms with Gasteiger partial charge in [0.2, 0.25) is 0 Å². The molecule has 3 rings (SSSR count). The minimum atomic E-state index is 0.257. The second kappa shape index (κ2) is 4.53. The summed E-state index contributed by atoms with van der Waals surface area (Å²) in [5.41, 5.74) is 7.07. The van der Waals surface area contributed by atoms with Gasteiger partial charge in [0, 0.05) is 24.5 Å². The SMILES string of the molecule is Cc1nc(N2CCC[C@H](N)C2)c2ccccc2n1. The van der Waals surface area contributed by atoms with Gasteiger partial charge in [0.25, 0.3) is 0 Å². The molecule has 1 aliphatic heterocycles. The molecule has 0 radical (unpaired) electrons. The molecule has 1 fully saturated rings. The third-order valence-electron chi connectivity index (χ3n) is 3.45.